The Kier molecular flexibility index (Phi) is 8.07. The molecule has 0 saturated carbocycles. The minimum absolute atomic E-state index is 0.121. The standard InChI is InChI=1S/C30H31N5O3S/c1-3-38-22-15-13-21(14-16-22)34-19-8-11-25(34)29-28(24-10-6-7-18-31-24)33-30(39)35(29)20-17-27(36)32-23-9-4-5-12-26(23)37-2/h4-16,18-19,28-29H,3,17,20H2,1-2H3,(H,32,36)(H,33,39). The number of nitrogens with zero attached hydrogens (tertiary/aromatic N) is 3. The molecule has 1 aliphatic rings. The van der Waals surface area contributed by atoms with E-state index in [4.69, 9.17) is 21.7 Å². The first-order chi connectivity index (χ1) is 19.1. The summed E-state index contributed by atoms with van der Waals surface area (Å²) in [5, 5.41) is 7.01. The van der Waals surface area contributed by atoms with E-state index in [1.807, 2.05) is 85.9 Å². The summed E-state index contributed by atoms with van der Waals surface area (Å²) in [6.45, 7) is 3.01. The third kappa shape index (κ3) is 5.73. The Balaban J connectivity index is 1.42. The molecule has 8 nitrogen and oxygen atoms in total. The summed E-state index contributed by atoms with van der Waals surface area (Å²) in [5.74, 6) is 1.32. The molecule has 0 aliphatic carbocycles. The number of pyridine rings is 1. The van der Waals surface area contributed by atoms with E-state index in [0.717, 1.165) is 22.8 Å². The smallest absolute Gasteiger partial charge is 0.226 e. The Morgan fingerprint density at radius 1 is 1.05 bits per heavy atom. The summed E-state index contributed by atoms with van der Waals surface area (Å²) in [7, 11) is 1.58. The van der Waals surface area contributed by atoms with Crippen molar-refractivity contribution in [3.63, 3.8) is 0 Å². The molecule has 0 spiro atoms. The maximum absolute atomic E-state index is 13.0. The van der Waals surface area contributed by atoms with Crippen LogP contribution in [0, 0.1) is 0 Å². The maximum atomic E-state index is 13.0. The van der Waals surface area contributed by atoms with Gasteiger partial charge in [-0.1, -0.05) is 18.2 Å². The highest BCUT2D eigenvalue weighted by atomic mass is 32.1. The van der Waals surface area contributed by atoms with Crippen LogP contribution in [0.3, 0.4) is 0 Å². The molecule has 200 valence electrons. The van der Waals surface area contributed by atoms with Crippen molar-refractivity contribution in [1.29, 1.82) is 0 Å². The summed E-state index contributed by atoms with van der Waals surface area (Å²) < 4.78 is 13.1. The van der Waals surface area contributed by atoms with Gasteiger partial charge in [0.05, 0.1) is 37.2 Å². The van der Waals surface area contributed by atoms with Crippen LogP contribution in [0.4, 0.5) is 5.69 Å². The quantitative estimate of drug-likeness (QED) is 0.264. The van der Waals surface area contributed by atoms with Gasteiger partial charge < -0.3 is 29.6 Å². The zero-order chi connectivity index (χ0) is 27.2. The molecule has 2 unspecified atom stereocenters. The van der Waals surface area contributed by atoms with E-state index in [2.05, 4.69) is 31.2 Å². The molecule has 1 saturated heterocycles. The molecule has 1 aliphatic heterocycles. The molecular formula is C30H31N5O3S. The van der Waals surface area contributed by atoms with Crippen LogP contribution in [0.1, 0.15) is 36.8 Å². The van der Waals surface area contributed by atoms with Crippen LogP contribution in [-0.2, 0) is 4.79 Å². The van der Waals surface area contributed by atoms with Gasteiger partial charge in [-0.05, 0) is 79.8 Å². The van der Waals surface area contributed by atoms with Gasteiger partial charge in [0.1, 0.15) is 11.5 Å². The van der Waals surface area contributed by atoms with Crippen molar-refractivity contribution in [1.82, 2.24) is 19.8 Å². The molecule has 2 aromatic carbocycles. The van der Waals surface area contributed by atoms with Crippen LogP contribution < -0.4 is 20.1 Å². The Morgan fingerprint density at radius 2 is 1.85 bits per heavy atom. The van der Waals surface area contributed by atoms with Gasteiger partial charge in [0.25, 0.3) is 0 Å². The van der Waals surface area contributed by atoms with E-state index in [-0.39, 0.29) is 24.4 Å². The Labute approximate surface area is 233 Å². The second-order valence-corrected chi connectivity index (χ2v) is 9.44. The summed E-state index contributed by atoms with van der Waals surface area (Å²) in [5.41, 5.74) is 3.56. The number of anilines is 1. The largest absolute Gasteiger partial charge is 0.495 e. The third-order valence-electron chi connectivity index (χ3n) is 6.67. The second kappa shape index (κ2) is 12.0. The van der Waals surface area contributed by atoms with Gasteiger partial charge in [-0.3, -0.25) is 9.78 Å². The number of methoxy groups -OCH3 is 1. The zero-order valence-electron chi connectivity index (χ0n) is 21.9. The first-order valence-corrected chi connectivity index (χ1v) is 13.3. The maximum Gasteiger partial charge on any atom is 0.226 e. The van der Waals surface area contributed by atoms with Crippen LogP contribution in [0.25, 0.3) is 5.69 Å². The van der Waals surface area contributed by atoms with Gasteiger partial charge in [-0.15, -0.1) is 0 Å². The first-order valence-electron chi connectivity index (χ1n) is 12.9. The normalized spacial score (nSPS) is 16.6. The number of amides is 1. The number of rotatable bonds is 10. The molecule has 39 heavy (non-hydrogen) atoms. The molecule has 1 fully saturated rings. The summed E-state index contributed by atoms with van der Waals surface area (Å²) in [6, 6.07) is 25.0. The number of carbonyl (C=O) groups excluding carboxylic acids is 1. The van der Waals surface area contributed by atoms with Crippen molar-refractivity contribution in [2.24, 2.45) is 0 Å². The van der Waals surface area contributed by atoms with Crippen molar-refractivity contribution < 1.29 is 14.3 Å². The topological polar surface area (TPSA) is 80.7 Å². The molecular weight excluding hydrogens is 510 g/mol. The average molecular weight is 542 g/mol. The summed E-state index contributed by atoms with van der Waals surface area (Å²) >= 11 is 5.81. The summed E-state index contributed by atoms with van der Waals surface area (Å²) in [4.78, 5) is 19.7. The lowest BCUT2D eigenvalue weighted by atomic mass is 10.0. The zero-order valence-corrected chi connectivity index (χ0v) is 22.7. The number of carbonyl (C=O) groups is 1. The van der Waals surface area contributed by atoms with Crippen LogP contribution >= 0.6 is 12.2 Å². The van der Waals surface area contributed by atoms with E-state index in [0.29, 0.717) is 29.7 Å². The van der Waals surface area contributed by atoms with Gasteiger partial charge in [0, 0.05) is 36.7 Å². The van der Waals surface area contributed by atoms with E-state index in [1.165, 1.54) is 0 Å². The van der Waals surface area contributed by atoms with Gasteiger partial charge in [0.15, 0.2) is 5.11 Å². The van der Waals surface area contributed by atoms with Gasteiger partial charge >= 0.3 is 0 Å². The molecule has 0 radical (unpaired) electrons. The van der Waals surface area contributed by atoms with Gasteiger partial charge in [-0.2, -0.15) is 0 Å². The van der Waals surface area contributed by atoms with Crippen LogP contribution in [0.15, 0.2) is 91.3 Å². The highest BCUT2D eigenvalue weighted by Gasteiger charge is 2.41. The molecule has 2 N–H and O–H groups in total. The highest BCUT2D eigenvalue weighted by Crippen LogP contribution is 2.39. The lowest BCUT2D eigenvalue weighted by Crippen LogP contribution is -2.33. The second-order valence-electron chi connectivity index (χ2n) is 9.05. The molecule has 0 bridgehead atoms. The Morgan fingerprint density at radius 3 is 2.59 bits per heavy atom. The molecule has 5 rings (SSSR count). The number of nitrogens with one attached hydrogen (secondary N) is 2. The van der Waals surface area contributed by atoms with E-state index < -0.39 is 0 Å². The number of aromatic nitrogens is 2. The minimum Gasteiger partial charge on any atom is -0.495 e. The van der Waals surface area contributed by atoms with E-state index in [9.17, 15) is 4.79 Å². The number of hydrogen-bond acceptors (Lipinski definition) is 5. The highest BCUT2D eigenvalue weighted by molar-refractivity contribution is 7.80. The predicted molar refractivity (Wildman–Crippen MR) is 155 cm³/mol. The van der Waals surface area contributed by atoms with Crippen molar-refractivity contribution in [3.05, 3.63) is 103 Å². The monoisotopic (exact) mass is 541 g/mol. The van der Waals surface area contributed by atoms with Crippen molar-refractivity contribution in [3.8, 4) is 17.2 Å². The first kappa shape index (κ1) is 26.2. The SMILES string of the molecule is CCOc1ccc(-n2cccc2C2C(c3ccccn3)NC(=S)N2CCC(=O)Nc2ccccc2OC)cc1. The number of hydrogen-bond donors (Lipinski definition) is 2. The molecule has 2 atom stereocenters. The lowest BCUT2D eigenvalue weighted by molar-refractivity contribution is -0.116. The Bertz CT molecular complexity index is 1420. The number of para-hydroxylation sites is 2. The molecule has 2 aromatic heterocycles. The van der Waals surface area contributed by atoms with Crippen molar-refractivity contribution >= 4 is 28.9 Å². The molecule has 1 amide bonds. The predicted octanol–water partition coefficient (Wildman–Crippen LogP) is 5.28. The number of benzene rings is 2. The fourth-order valence-electron chi connectivity index (χ4n) is 4.89. The van der Waals surface area contributed by atoms with Crippen LogP contribution in [0.5, 0.6) is 11.5 Å². The lowest BCUT2D eigenvalue weighted by Gasteiger charge is -2.29. The van der Waals surface area contributed by atoms with Gasteiger partial charge in [0.2, 0.25) is 5.91 Å². The van der Waals surface area contributed by atoms with Crippen LogP contribution in [-0.4, -0.2) is 45.7 Å². The van der Waals surface area contributed by atoms with Crippen molar-refractivity contribution in [2.45, 2.75) is 25.4 Å². The molecule has 3 heterocycles. The fraction of sp³-hybridized carbons (Fsp3) is 0.233. The Hall–Kier alpha value is -4.37. The van der Waals surface area contributed by atoms with E-state index in [1.54, 1.807) is 13.3 Å². The minimum atomic E-state index is -0.188. The molecule has 9 heteroatoms. The third-order valence-corrected chi connectivity index (χ3v) is 7.02. The number of ether oxygens (including phenoxy) is 2. The van der Waals surface area contributed by atoms with Gasteiger partial charge in [-0.25, -0.2) is 0 Å². The van der Waals surface area contributed by atoms with E-state index >= 15 is 0 Å². The average Bonchev–Trinajstić information content (AvgIpc) is 3.57. The van der Waals surface area contributed by atoms with Crippen LogP contribution in [0.2, 0.25) is 0 Å². The molecule has 4 aromatic rings. The number of thiocarbonyl (C=S) groups is 1. The fourth-order valence-corrected chi connectivity index (χ4v) is 5.22. The van der Waals surface area contributed by atoms with Crippen molar-refractivity contribution in [2.75, 3.05) is 25.6 Å². The summed E-state index contributed by atoms with van der Waals surface area (Å²) in [6.07, 6.45) is 4.06.